The van der Waals surface area contributed by atoms with Crippen molar-refractivity contribution in [3.8, 4) is 0 Å². The molecule has 1 N–H and O–H groups in total. The molecule has 0 aliphatic rings. The van der Waals surface area contributed by atoms with E-state index in [0.717, 1.165) is 18.3 Å². The molecule has 0 bridgehead atoms. The monoisotopic (exact) mass is 270 g/mol. The minimum Gasteiger partial charge on any atom is -0.366 e. The van der Waals surface area contributed by atoms with E-state index in [9.17, 15) is 17.6 Å². The molecule has 100 valence electrons. The maximum absolute atomic E-state index is 12.6. The van der Waals surface area contributed by atoms with E-state index in [0.29, 0.717) is 11.4 Å². The Hall–Kier alpha value is -2.11. The lowest BCUT2D eigenvalue weighted by atomic mass is 10.1. The van der Waals surface area contributed by atoms with Crippen LogP contribution in [0.25, 0.3) is 0 Å². The first kappa shape index (κ1) is 13.3. The highest BCUT2D eigenvalue weighted by molar-refractivity contribution is 5.36. The van der Waals surface area contributed by atoms with Gasteiger partial charge < -0.3 is 5.32 Å². The van der Waals surface area contributed by atoms with Gasteiger partial charge in [-0.2, -0.15) is 13.2 Å². The van der Waals surface area contributed by atoms with Crippen LogP contribution in [-0.2, 0) is 12.7 Å². The number of alkyl halides is 3. The zero-order valence-electron chi connectivity index (χ0n) is 9.71. The normalized spacial score (nSPS) is 11.4. The molecular weight excluding hydrogens is 260 g/mol. The molecule has 0 aliphatic heterocycles. The van der Waals surface area contributed by atoms with E-state index >= 15 is 0 Å². The molecule has 0 atom stereocenters. The maximum Gasteiger partial charge on any atom is 0.416 e. The van der Waals surface area contributed by atoms with E-state index in [2.05, 4.69) is 10.3 Å². The second kappa shape index (κ2) is 5.26. The Morgan fingerprint density at radius 1 is 1.11 bits per heavy atom. The number of pyridine rings is 1. The summed E-state index contributed by atoms with van der Waals surface area (Å²) in [6.07, 6.45) is -3.32. The number of nitrogens with one attached hydrogen (secondary N) is 1. The van der Waals surface area contributed by atoms with Crippen LogP contribution < -0.4 is 5.32 Å². The van der Waals surface area contributed by atoms with E-state index in [1.54, 1.807) is 6.07 Å². The highest BCUT2D eigenvalue weighted by Gasteiger charge is 2.30. The van der Waals surface area contributed by atoms with Crippen molar-refractivity contribution < 1.29 is 17.6 Å². The Morgan fingerprint density at radius 3 is 2.53 bits per heavy atom. The topological polar surface area (TPSA) is 24.9 Å². The molecule has 2 nitrogen and oxygen atoms in total. The summed E-state index contributed by atoms with van der Waals surface area (Å²) in [5.74, 6) is -0.0663. The summed E-state index contributed by atoms with van der Waals surface area (Å²) >= 11 is 0. The molecule has 0 radical (unpaired) electrons. The second-order valence-corrected chi connectivity index (χ2v) is 3.91. The first-order chi connectivity index (χ1) is 8.95. The summed E-state index contributed by atoms with van der Waals surface area (Å²) < 4.78 is 50.1. The molecule has 2 rings (SSSR count). The van der Waals surface area contributed by atoms with Gasteiger partial charge in [-0.05, 0) is 29.8 Å². The molecule has 6 heteroatoms. The molecule has 0 saturated heterocycles. The van der Waals surface area contributed by atoms with E-state index in [-0.39, 0.29) is 6.54 Å². The Balaban J connectivity index is 2.05. The van der Waals surface area contributed by atoms with Gasteiger partial charge in [0, 0.05) is 6.54 Å². The number of hydrogen-bond acceptors (Lipinski definition) is 2. The fourth-order valence-electron chi connectivity index (χ4n) is 1.53. The third-order valence-electron chi connectivity index (χ3n) is 2.46. The van der Waals surface area contributed by atoms with Crippen LogP contribution in [0, 0.1) is 5.82 Å². The summed E-state index contributed by atoms with van der Waals surface area (Å²) in [7, 11) is 0. The van der Waals surface area contributed by atoms with Crippen molar-refractivity contribution in [2.75, 3.05) is 5.32 Å². The summed E-state index contributed by atoms with van der Waals surface area (Å²) in [6, 6.07) is 7.64. The molecule has 1 aromatic carbocycles. The predicted molar refractivity (Wildman–Crippen MR) is 63.0 cm³/mol. The van der Waals surface area contributed by atoms with E-state index in [4.69, 9.17) is 0 Å². The van der Waals surface area contributed by atoms with Gasteiger partial charge in [-0.25, -0.2) is 9.37 Å². The quantitative estimate of drug-likeness (QED) is 0.857. The number of nitrogens with zero attached hydrogens (tertiary/aromatic N) is 1. The summed E-state index contributed by atoms with van der Waals surface area (Å²) in [4.78, 5) is 3.76. The van der Waals surface area contributed by atoms with Crippen molar-refractivity contribution in [3.05, 3.63) is 59.5 Å². The van der Waals surface area contributed by atoms with Crippen molar-refractivity contribution >= 4 is 5.82 Å². The van der Waals surface area contributed by atoms with E-state index in [1.807, 2.05) is 0 Å². The van der Waals surface area contributed by atoms with Gasteiger partial charge in [-0.3, -0.25) is 0 Å². The Labute approximate surface area is 107 Å². The van der Waals surface area contributed by atoms with Gasteiger partial charge in [0.15, 0.2) is 0 Å². The van der Waals surface area contributed by atoms with Crippen LogP contribution >= 0.6 is 0 Å². The molecule has 0 amide bonds. The predicted octanol–water partition coefficient (Wildman–Crippen LogP) is 3.85. The third-order valence-corrected chi connectivity index (χ3v) is 2.46. The van der Waals surface area contributed by atoms with Crippen molar-refractivity contribution in [3.63, 3.8) is 0 Å². The first-order valence-electron chi connectivity index (χ1n) is 5.47. The number of rotatable bonds is 3. The van der Waals surface area contributed by atoms with Crippen LogP contribution in [0.3, 0.4) is 0 Å². The number of aromatic nitrogens is 1. The van der Waals surface area contributed by atoms with Gasteiger partial charge in [-0.1, -0.05) is 12.1 Å². The molecule has 19 heavy (non-hydrogen) atoms. The molecule has 0 saturated carbocycles. The second-order valence-electron chi connectivity index (χ2n) is 3.91. The number of hydrogen-bond donors (Lipinski definition) is 1. The lowest BCUT2D eigenvalue weighted by Crippen LogP contribution is -2.07. The Kier molecular flexibility index (Phi) is 3.69. The molecule has 0 aliphatic carbocycles. The molecule has 0 unspecified atom stereocenters. The fourth-order valence-corrected chi connectivity index (χ4v) is 1.53. The number of halogens is 4. The number of anilines is 1. The lowest BCUT2D eigenvalue weighted by molar-refractivity contribution is -0.137. The minimum atomic E-state index is -4.36. The van der Waals surface area contributed by atoms with Crippen molar-refractivity contribution in [2.45, 2.75) is 12.7 Å². The smallest absolute Gasteiger partial charge is 0.366 e. The maximum atomic E-state index is 12.6. The van der Waals surface area contributed by atoms with Gasteiger partial charge in [0.2, 0.25) is 0 Å². The van der Waals surface area contributed by atoms with Crippen molar-refractivity contribution in [1.29, 1.82) is 0 Å². The molecule has 0 spiro atoms. The van der Waals surface area contributed by atoms with Gasteiger partial charge in [0.05, 0.1) is 11.8 Å². The van der Waals surface area contributed by atoms with Crippen LogP contribution in [0.1, 0.15) is 11.1 Å². The Morgan fingerprint density at radius 2 is 1.89 bits per heavy atom. The highest BCUT2D eigenvalue weighted by atomic mass is 19.4. The van der Waals surface area contributed by atoms with Crippen LogP contribution in [0.4, 0.5) is 23.4 Å². The summed E-state index contributed by atoms with van der Waals surface area (Å²) in [5, 5.41) is 2.82. The van der Waals surface area contributed by atoms with Crippen LogP contribution in [0.15, 0.2) is 42.6 Å². The molecule has 0 fully saturated rings. The molecule has 1 aromatic heterocycles. The highest BCUT2D eigenvalue weighted by Crippen LogP contribution is 2.29. The van der Waals surface area contributed by atoms with Crippen LogP contribution in [0.5, 0.6) is 0 Å². The average Bonchev–Trinajstić information content (AvgIpc) is 2.37. The van der Waals surface area contributed by atoms with Crippen molar-refractivity contribution in [1.82, 2.24) is 4.98 Å². The lowest BCUT2D eigenvalue weighted by Gasteiger charge is -2.09. The SMILES string of the molecule is Fc1ccc(NCc2cccc(C(F)(F)F)c2)nc1. The largest absolute Gasteiger partial charge is 0.416 e. The van der Waals surface area contributed by atoms with Gasteiger partial charge in [0.1, 0.15) is 11.6 Å². The fraction of sp³-hybridized carbons (Fsp3) is 0.154. The zero-order chi connectivity index (χ0) is 13.9. The summed E-state index contributed by atoms with van der Waals surface area (Å²) in [6.45, 7) is 0.183. The average molecular weight is 270 g/mol. The van der Waals surface area contributed by atoms with Crippen molar-refractivity contribution in [2.24, 2.45) is 0 Å². The van der Waals surface area contributed by atoms with Crippen LogP contribution in [-0.4, -0.2) is 4.98 Å². The molecule has 1 heterocycles. The minimum absolute atomic E-state index is 0.183. The van der Waals surface area contributed by atoms with Crippen LogP contribution in [0.2, 0.25) is 0 Å². The zero-order valence-corrected chi connectivity index (χ0v) is 9.71. The van der Waals surface area contributed by atoms with E-state index < -0.39 is 17.6 Å². The van der Waals surface area contributed by atoms with Gasteiger partial charge >= 0.3 is 6.18 Å². The third kappa shape index (κ3) is 3.67. The molecular formula is C13H10F4N2. The summed E-state index contributed by atoms with van der Waals surface area (Å²) in [5.41, 5.74) is -0.222. The first-order valence-corrected chi connectivity index (χ1v) is 5.47. The number of benzene rings is 1. The standard InChI is InChI=1S/C13H10F4N2/c14-11-4-5-12(19-8-11)18-7-9-2-1-3-10(6-9)13(15,16)17/h1-6,8H,7H2,(H,18,19). The van der Waals surface area contributed by atoms with Gasteiger partial charge in [0.25, 0.3) is 0 Å². The van der Waals surface area contributed by atoms with E-state index in [1.165, 1.54) is 18.2 Å². The molecule has 2 aromatic rings. The Bertz CT molecular complexity index is 549. The van der Waals surface area contributed by atoms with Gasteiger partial charge in [-0.15, -0.1) is 0 Å².